The SMILES string of the molecule is CC(C(=O)c1ccc2c(c1)n(C)c(=O)n2C)C1CC1. The van der Waals surface area contributed by atoms with Gasteiger partial charge in [-0.25, -0.2) is 4.79 Å². The molecule has 1 aromatic heterocycles. The van der Waals surface area contributed by atoms with Gasteiger partial charge in [0, 0.05) is 25.6 Å². The topological polar surface area (TPSA) is 44.0 Å². The lowest BCUT2D eigenvalue weighted by Gasteiger charge is -2.09. The van der Waals surface area contributed by atoms with Crippen molar-refractivity contribution < 1.29 is 4.79 Å². The molecule has 1 saturated carbocycles. The third-order valence-electron chi connectivity index (χ3n) is 4.30. The zero-order valence-electron chi connectivity index (χ0n) is 11.5. The highest BCUT2D eigenvalue weighted by atomic mass is 16.1. The Morgan fingerprint density at radius 3 is 2.47 bits per heavy atom. The summed E-state index contributed by atoms with van der Waals surface area (Å²) in [6, 6.07) is 5.55. The van der Waals surface area contributed by atoms with Crippen LogP contribution >= 0.6 is 0 Å². The van der Waals surface area contributed by atoms with E-state index in [2.05, 4.69) is 0 Å². The number of aromatic nitrogens is 2. The van der Waals surface area contributed by atoms with Crippen LogP contribution in [-0.2, 0) is 14.1 Å². The van der Waals surface area contributed by atoms with Crippen LogP contribution < -0.4 is 5.69 Å². The van der Waals surface area contributed by atoms with Gasteiger partial charge in [-0.05, 0) is 37.0 Å². The molecule has 2 aromatic rings. The number of nitrogens with zero attached hydrogens (tertiary/aromatic N) is 2. The standard InChI is InChI=1S/C15H18N2O2/c1-9(10-4-5-10)14(18)11-6-7-12-13(8-11)17(3)15(19)16(12)2/h6-10H,4-5H2,1-3H3. The Balaban J connectivity index is 2.08. The van der Waals surface area contributed by atoms with Crippen LogP contribution in [0.15, 0.2) is 23.0 Å². The number of carbonyl (C=O) groups is 1. The molecule has 0 spiro atoms. The quantitative estimate of drug-likeness (QED) is 0.791. The monoisotopic (exact) mass is 258 g/mol. The van der Waals surface area contributed by atoms with Crippen molar-refractivity contribution in [2.75, 3.05) is 0 Å². The average Bonchev–Trinajstić information content (AvgIpc) is 3.24. The fourth-order valence-corrected chi connectivity index (χ4v) is 2.73. The summed E-state index contributed by atoms with van der Waals surface area (Å²) in [5, 5.41) is 0. The molecule has 4 nitrogen and oxygen atoms in total. The second kappa shape index (κ2) is 4.08. The van der Waals surface area contributed by atoms with Gasteiger partial charge in [0.05, 0.1) is 11.0 Å². The van der Waals surface area contributed by atoms with E-state index in [-0.39, 0.29) is 17.4 Å². The lowest BCUT2D eigenvalue weighted by Crippen LogP contribution is -2.19. The van der Waals surface area contributed by atoms with Crippen molar-refractivity contribution in [3.05, 3.63) is 34.2 Å². The largest absolute Gasteiger partial charge is 0.328 e. The van der Waals surface area contributed by atoms with E-state index >= 15 is 0 Å². The van der Waals surface area contributed by atoms with Crippen LogP contribution in [0.25, 0.3) is 11.0 Å². The van der Waals surface area contributed by atoms with E-state index in [0.29, 0.717) is 11.5 Å². The molecule has 1 aromatic carbocycles. The number of fused-ring (bicyclic) bond motifs is 1. The normalized spacial score (nSPS) is 16.8. The van der Waals surface area contributed by atoms with Gasteiger partial charge in [0.15, 0.2) is 5.78 Å². The van der Waals surface area contributed by atoms with E-state index in [1.54, 1.807) is 23.2 Å². The molecule has 0 N–H and O–H groups in total. The van der Waals surface area contributed by atoms with Crippen molar-refractivity contribution in [2.45, 2.75) is 19.8 Å². The highest BCUT2D eigenvalue weighted by molar-refractivity contribution is 6.00. The van der Waals surface area contributed by atoms with E-state index in [4.69, 9.17) is 0 Å². The number of imidazole rings is 1. The first-order valence-electron chi connectivity index (χ1n) is 6.70. The summed E-state index contributed by atoms with van der Waals surface area (Å²) in [6.45, 7) is 2.01. The molecule has 4 heteroatoms. The van der Waals surface area contributed by atoms with Crippen LogP contribution in [-0.4, -0.2) is 14.9 Å². The number of rotatable bonds is 3. The Morgan fingerprint density at radius 1 is 1.21 bits per heavy atom. The van der Waals surface area contributed by atoms with Crippen LogP contribution in [0.3, 0.4) is 0 Å². The number of Topliss-reactive ketones (excluding diaryl/α,β-unsaturated/α-hetero) is 1. The van der Waals surface area contributed by atoms with E-state index in [1.165, 1.54) is 12.8 Å². The van der Waals surface area contributed by atoms with Crippen molar-refractivity contribution in [1.82, 2.24) is 9.13 Å². The minimum atomic E-state index is -0.0603. The molecule has 0 radical (unpaired) electrons. The summed E-state index contributed by atoms with van der Waals surface area (Å²) in [4.78, 5) is 24.2. The summed E-state index contributed by atoms with van der Waals surface area (Å²) >= 11 is 0. The number of ketones is 1. The smallest absolute Gasteiger partial charge is 0.295 e. The first-order chi connectivity index (χ1) is 9.00. The van der Waals surface area contributed by atoms with Gasteiger partial charge < -0.3 is 0 Å². The fourth-order valence-electron chi connectivity index (χ4n) is 2.73. The third kappa shape index (κ3) is 1.82. The molecular weight excluding hydrogens is 240 g/mol. The van der Waals surface area contributed by atoms with Crippen molar-refractivity contribution in [2.24, 2.45) is 25.9 Å². The van der Waals surface area contributed by atoms with Gasteiger partial charge in [0.2, 0.25) is 0 Å². The summed E-state index contributed by atoms with van der Waals surface area (Å²) in [5.41, 5.74) is 2.34. The third-order valence-corrected chi connectivity index (χ3v) is 4.30. The molecule has 0 aliphatic heterocycles. The van der Waals surface area contributed by atoms with Crippen LogP contribution in [0.5, 0.6) is 0 Å². The van der Waals surface area contributed by atoms with Gasteiger partial charge in [-0.1, -0.05) is 6.92 Å². The van der Waals surface area contributed by atoms with Gasteiger partial charge >= 0.3 is 5.69 Å². The zero-order chi connectivity index (χ0) is 13.7. The van der Waals surface area contributed by atoms with Gasteiger partial charge in [-0.15, -0.1) is 0 Å². The molecule has 0 bridgehead atoms. The Morgan fingerprint density at radius 2 is 1.84 bits per heavy atom. The second-order valence-corrected chi connectivity index (χ2v) is 5.59. The number of benzene rings is 1. The summed E-state index contributed by atoms with van der Waals surface area (Å²) in [7, 11) is 3.49. The minimum Gasteiger partial charge on any atom is -0.295 e. The first kappa shape index (κ1) is 12.2. The molecule has 19 heavy (non-hydrogen) atoms. The van der Waals surface area contributed by atoms with Crippen LogP contribution in [0.4, 0.5) is 0 Å². The summed E-state index contributed by atoms with van der Waals surface area (Å²) in [6.07, 6.45) is 2.33. The van der Waals surface area contributed by atoms with E-state index in [0.717, 1.165) is 11.0 Å². The van der Waals surface area contributed by atoms with E-state index in [9.17, 15) is 9.59 Å². The Bertz CT molecular complexity index is 720. The summed E-state index contributed by atoms with van der Waals surface area (Å²) < 4.78 is 3.20. The van der Waals surface area contributed by atoms with Gasteiger partial charge in [-0.3, -0.25) is 13.9 Å². The van der Waals surface area contributed by atoms with Gasteiger partial charge in [-0.2, -0.15) is 0 Å². The molecule has 1 aliphatic rings. The molecule has 1 aliphatic carbocycles. The van der Waals surface area contributed by atoms with E-state index < -0.39 is 0 Å². The van der Waals surface area contributed by atoms with E-state index in [1.807, 2.05) is 25.1 Å². The Kier molecular flexibility index (Phi) is 2.62. The van der Waals surface area contributed by atoms with Crippen molar-refractivity contribution in [3.8, 4) is 0 Å². The molecule has 0 saturated heterocycles. The highest BCUT2D eigenvalue weighted by Gasteiger charge is 2.33. The maximum Gasteiger partial charge on any atom is 0.328 e. The zero-order valence-corrected chi connectivity index (χ0v) is 11.5. The lowest BCUT2D eigenvalue weighted by molar-refractivity contribution is 0.0916. The number of carbonyl (C=O) groups excluding carboxylic acids is 1. The predicted octanol–water partition coefficient (Wildman–Crippen LogP) is 2.11. The van der Waals surface area contributed by atoms with Crippen LogP contribution in [0.1, 0.15) is 30.1 Å². The Labute approximate surface area is 111 Å². The maximum atomic E-state index is 12.4. The van der Waals surface area contributed by atoms with Crippen molar-refractivity contribution >= 4 is 16.8 Å². The molecule has 1 heterocycles. The lowest BCUT2D eigenvalue weighted by atomic mass is 9.95. The molecule has 1 unspecified atom stereocenters. The molecule has 0 amide bonds. The summed E-state index contributed by atoms with van der Waals surface area (Å²) in [5.74, 6) is 0.849. The highest BCUT2D eigenvalue weighted by Crippen LogP contribution is 2.38. The molecule has 3 rings (SSSR count). The number of hydrogen-bond acceptors (Lipinski definition) is 2. The minimum absolute atomic E-state index is 0.0603. The van der Waals surface area contributed by atoms with Crippen molar-refractivity contribution in [1.29, 1.82) is 0 Å². The fraction of sp³-hybridized carbons (Fsp3) is 0.467. The average molecular weight is 258 g/mol. The number of hydrogen-bond donors (Lipinski definition) is 0. The molecule has 1 atom stereocenters. The second-order valence-electron chi connectivity index (χ2n) is 5.59. The Hall–Kier alpha value is -1.84. The molecule has 1 fully saturated rings. The molecule has 100 valence electrons. The number of aryl methyl sites for hydroxylation is 2. The first-order valence-corrected chi connectivity index (χ1v) is 6.70. The van der Waals surface area contributed by atoms with Crippen LogP contribution in [0.2, 0.25) is 0 Å². The van der Waals surface area contributed by atoms with Gasteiger partial charge in [0.1, 0.15) is 0 Å². The van der Waals surface area contributed by atoms with Crippen molar-refractivity contribution in [3.63, 3.8) is 0 Å². The van der Waals surface area contributed by atoms with Gasteiger partial charge in [0.25, 0.3) is 0 Å². The maximum absolute atomic E-state index is 12.4. The predicted molar refractivity (Wildman–Crippen MR) is 74.4 cm³/mol. The van der Waals surface area contributed by atoms with Crippen LogP contribution in [0, 0.1) is 11.8 Å². The molecular formula is C15H18N2O2.